The number of carbonyl (C=O) groups is 1. The standard InChI is InChI=1S/C26H29F3N6O.2ClH/c1-18(36)30-12-13-31-24-23(26(27,28)29)16-32-25(34-24)33-22-8-6-19(7-9-22)17-35-14-10-20-4-2-3-5-21(20)11-15-35;;/h2-9,16H,10-15,17H2,1H3,(H,30,36)(H2,31,32,33,34);2*1H. The third kappa shape index (κ3) is 8.75. The largest absolute Gasteiger partial charge is 0.421 e. The Morgan fingerprint density at radius 3 is 2.18 bits per heavy atom. The Morgan fingerprint density at radius 1 is 0.974 bits per heavy atom. The van der Waals surface area contributed by atoms with Gasteiger partial charge in [0.1, 0.15) is 11.4 Å². The van der Waals surface area contributed by atoms with Crippen molar-refractivity contribution in [2.75, 3.05) is 36.8 Å². The normalized spacial score (nSPS) is 13.3. The zero-order chi connectivity index (χ0) is 25.5. The summed E-state index contributed by atoms with van der Waals surface area (Å²) >= 11 is 0. The Bertz CT molecular complexity index is 1170. The molecule has 1 aromatic heterocycles. The van der Waals surface area contributed by atoms with E-state index in [1.807, 2.05) is 24.3 Å². The molecule has 206 valence electrons. The maximum atomic E-state index is 13.4. The smallest absolute Gasteiger partial charge is 0.368 e. The van der Waals surface area contributed by atoms with Crippen LogP contribution in [0, 0.1) is 0 Å². The number of rotatable bonds is 8. The van der Waals surface area contributed by atoms with E-state index in [0.29, 0.717) is 5.69 Å². The topological polar surface area (TPSA) is 82.2 Å². The number of amides is 1. The molecule has 0 fully saturated rings. The van der Waals surface area contributed by atoms with Crippen LogP contribution < -0.4 is 16.0 Å². The van der Waals surface area contributed by atoms with Crippen LogP contribution in [-0.4, -0.2) is 47.0 Å². The molecule has 3 aromatic rings. The van der Waals surface area contributed by atoms with E-state index in [1.54, 1.807) is 0 Å². The monoisotopic (exact) mass is 570 g/mol. The molecule has 1 aliphatic rings. The Balaban J connectivity index is 0.00000253. The molecular weight excluding hydrogens is 540 g/mol. The molecule has 3 N–H and O–H groups in total. The van der Waals surface area contributed by atoms with Gasteiger partial charge in [-0.1, -0.05) is 36.4 Å². The number of nitrogens with one attached hydrogen (secondary N) is 3. The zero-order valence-corrected chi connectivity index (χ0v) is 22.5. The molecule has 0 saturated carbocycles. The van der Waals surface area contributed by atoms with Gasteiger partial charge >= 0.3 is 6.18 Å². The second-order valence-electron chi connectivity index (χ2n) is 8.73. The van der Waals surface area contributed by atoms with Crippen molar-refractivity contribution in [3.63, 3.8) is 0 Å². The quantitative estimate of drug-likeness (QED) is 0.322. The number of fused-ring (bicyclic) bond motifs is 1. The lowest BCUT2D eigenvalue weighted by atomic mass is 10.0. The fourth-order valence-electron chi connectivity index (χ4n) is 4.16. The molecule has 12 heteroatoms. The lowest BCUT2D eigenvalue weighted by Crippen LogP contribution is -2.27. The van der Waals surface area contributed by atoms with Crippen LogP contribution in [0.3, 0.4) is 0 Å². The van der Waals surface area contributed by atoms with Gasteiger partial charge in [-0.15, -0.1) is 24.8 Å². The van der Waals surface area contributed by atoms with Crippen LogP contribution in [0.2, 0.25) is 0 Å². The molecule has 38 heavy (non-hydrogen) atoms. The molecule has 1 aliphatic heterocycles. The van der Waals surface area contributed by atoms with Gasteiger partial charge in [-0.2, -0.15) is 18.2 Å². The molecular formula is C26H31Cl2F3N6O. The number of nitrogens with zero attached hydrogens (tertiary/aromatic N) is 3. The highest BCUT2D eigenvalue weighted by Crippen LogP contribution is 2.34. The number of hydrogen-bond donors (Lipinski definition) is 3. The van der Waals surface area contributed by atoms with Gasteiger partial charge in [0.25, 0.3) is 0 Å². The molecule has 0 unspecified atom stereocenters. The average molecular weight is 571 g/mol. The van der Waals surface area contributed by atoms with Crippen LogP contribution >= 0.6 is 24.8 Å². The number of hydrogen-bond acceptors (Lipinski definition) is 6. The molecule has 0 aliphatic carbocycles. The fourth-order valence-corrected chi connectivity index (χ4v) is 4.16. The summed E-state index contributed by atoms with van der Waals surface area (Å²) in [5, 5.41) is 8.13. The first-order chi connectivity index (χ1) is 17.3. The van der Waals surface area contributed by atoms with Crippen LogP contribution in [0.4, 0.5) is 30.6 Å². The van der Waals surface area contributed by atoms with Crippen LogP contribution in [0.5, 0.6) is 0 Å². The predicted octanol–water partition coefficient (Wildman–Crippen LogP) is 5.23. The van der Waals surface area contributed by atoms with E-state index in [0.717, 1.165) is 44.2 Å². The van der Waals surface area contributed by atoms with E-state index in [-0.39, 0.29) is 55.6 Å². The third-order valence-electron chi connectivity index (χ3n) is 6.01. The number of carbonyl (C=O) groups excluding carboxylic acids is 1. The van der Waals surface area contributed by atoms with Gasteiger partial charge in [0.2, 0.25) is 11.9 Å². The molecule has 0 spiro atoms. The van der Waals surface area contributed by atoms with Crippen LogP contribution in [0.25, 0.3) is 0 Å². The van der Waals surface area contributed by atoms with Gasteiger partial charge in [0.15, 0.2) is 0 Å². The number of aromatic nitrogens is 2. The number of anilines is 3. The van der Waals surface area contributed by atoms with Crippen molar-refractivity contribution in [3.05, 3.63) is 77.0 Å². The van der Waals surface area contributed by atoms with E-state index >= 15 is 0 Å². The summed E-state index contributed by atoms with van der Waals surface area (Å²) in [6.45, 7) is 4.42. The van der Waals surface area contributed by atoms with Gasteiger partial charge in [-0.25, -0.2) is 4.98 Å². The Hall–Kier alpha value is -3.08. The highest BCUT2D eigenvalue weighted by atomic mass is 35.5. The Labute approximate surface area is 232 Å². The lowest BCUT2D eigenvalue weighted by molar-refractivity contribution is -0.137. The van der Waals surface area contributed by atoms with Crippen LogP contribution in [0.15, 0.2) is 54.7 Å². The molecule has 0 saturated heterocycles. The Morgan fingerprint density at radius 2 is 1.61 bits per heavy atom. The van der Waals surface area contributed by atoms with Gasteiger partial charge < -0.3 is 16.0 Å². The SMILES string of the molecule is CC(=O)NCCNc1nc(Nc2ccc(CN3CCc4ccccc4CC3)cc2)ncc1C(F)(F)F.Cl.Cl. The van der Waals surface area contributed by atoms with Crippen molar-refractivity contribution in [3.8, 4) is 0 Å². The van der Waals surface area contributed by atoms with Crippen LogP contribution in [0.1, 0.15) is 29.2 Å². The number of benzene rings is 2. The molecule has 2 heterocycles. The van der Waals surface area contributed by atoms with Crippen molar-refractivity contribution in [1.29, 1.82) is 0 Å². The van der Waals surface area contributed by atoms with Crippen molar-refractivity contribution in [2.45, 2.75) is 32.5 Å². The maximum absolute atomic E-state index is 13.4. The molecule has 1 amide bonds. The van der Waals surface area contributed by atoms with Gasteiger partial charge in [0, 0.05) is 51.5 Å². The van der Waals surface area contributed by atoms with Crippen molar-refractivity contribution >= 4 is 48.2 Å². The van der Waals surface area contributed by atoms with E-state index in [2.05, 4.69) is 55.1 Å². The van der Waals surface area contributed by atoms with Gasteiger partial charge in [-0.3, -0.25) is 9.69 Å². The van der Waals surface area contributed by atoms with Crippen molar-refractivity contribution in [1.82, 2.24) is 20.2 Å². The lowest BCUT2D eigenvalue weighted by Gasteiger charge is -2.20. The first kappa shape index (κ1) is 31.1. The number of alkyl halides is 3. The molecule has 0 bridgehead atoms. The number of halogens is 5. The molecule has 2 aromatic carbocycles. The summed E-state index contributed by atoms with van der Waals surface area (Å²) in [4.78, 5) is 21.3. The minimum atomic E-state index is -4.61. The minimum absolute atomic E-state index is 0. The summed E-state index contributed by atoms with van der Waals surface area (Å²) in [6, 6.07) is 16.3. The zero-order valence-electron chi connectivity index (χ0n) is 20.8. The summed E-state index contributed by atoms with van der Waals surface area (Å²) in [5.74, 6) is -0.561. The summed E-state index contributed by atoms with van der Waals surface area (Å²) in [5.41, 5.74) is 3.69. The average Bonchev–Trinajstić information content (AvgIpc) is 3.05. The van der Waals surface area contributed by atoms with E-state index < -0.39 is 11.7 Å². The minimum Gasteiger partial charge on any atom is -0.368 e. The second kappa shape index (κ2) is 14.2. The summed E-state index contributed by atoms with van der Waals surface area (Å²) < 4.78 is 40.1. The van der Waals surface area contributed by atoms with E-state index in [4.69, 9.17) is 0 Å². The summed E-state index contributed by atoms with van der Waals surface area (Å²) in [7, 11) is 0. The Kier molecular flexibility index (Phi) is 11.6. The molecule has 4 rings (SSSR count). The maximum Gasteiger partial charge on any atom is 0.421 e. The van der Waals surface area contributed by atoms with Crippen LogP contribution in [-0.2, 0) is 30.4 Å². The van der Waals surface area contributed by atoms with E-state index in [9.17, 15) is 18.0 Å². The van der Waals surface area contributed by atoms with E-state index in [1.165, 1.54) is 18.1 Å². The second-order valence-corrected chi connectivity index (χ2v) is 8.73. The molecule has 0 atom stereocenters. The predicted molar refractivity (Wildman–Crippen MR) is 148 cm³/mol. The van der Waals surface area contributed by atoms with Crippen molar-refractivity contribution in [2.24, 2.45) is 0 Å². The highest BCUT2D eigenvalue weighted by Gasteiger charge is 2.35. The van der Waals surface area contributed by atoms with Crippen molar-refractivity contribution < 1.29 is 18.0 Å². The highest BCUT2D eigenvalue weighted by molar-refractivity contribution is 5.85. The third-order valence-corrected chi connectivity index (χ3v) is 6.01. The fraction of sp³-hybridized carbons (Fsp3) is 0.346. The first-order valence-electron chi connectivity index (χ1n) is 11.9. The molecule has 7 nitrogen and oxygen atoms in total. The first-order valence-corrected chi connectivity index (χ1v) is 11.9. The van der Waals surface area contributed by atoms with Gasteiger partial charge in [0.05, 0.1) is 0 Å². The molecule has 0 radical (unpaired) electrons. The summed E-state index contributed by atoms with van der Waals surface area (Å²) in [6.07, 6.45) is -1.79. The van der Waals surface area contributed by atoms with Gasteiger partial charge in [-0.05, 0) is 41.7 Å².